The molecule has 0 saturated heterocycles. The molecular formula is C17H16Cl2N2O6S. The number of halogens is 2. The summed E-state index contributed by atoms with van der Waals surface area (Å²) in [4.78, 5) is 21.0. The molecule has 11 heteroatoms. The van der Waals surface area contributed by atoms with Gasteiger partial charge in [-0.05, 0) is 43.2 Å². The first-order chi connectivity index (χ1) is 13.0. The third-order valence-electron chi connectivity index (χ3n) is 3.87. The number of carbonyl (C=O) groups is 1. The SMILES string of the molecule is Cc1cc([N+](=O)[O-])ccc1N(CCCC(=O)O)S(=O)(=O)c1cc(Cl)ccc1Cl. The highest BCUT2D eigenvalue weighted by atomic mass is 35.5. The molecule has 0 unspecified atom stereocenters. The second-order valence-electron chi connectivity index (χ2n) is 5.88. The minimum absolute atomic E-state index is 0.0309. The normalized spacial score (nSPS) is 11.2. The summed E-state index contributed by atoms with van der Waals surface area (Å²) >= 11 is 12.0. The maximum absolute atomic E-state index is 13.3. The lowest BCUT2D eigenvalue weighted by atomic mass is 10.1. The van der Waals surface area contributed by atoms with Gasteiger partial charge in [-0.2, -0.15) is 0 Å². The van der Waals surface area contributed by atoms with Crippen molar-refractivity contribution in [3.8, 4) is 0 Å². The van der Waals surface area contributed by atoms with Crippen molar-refractivity contribution in [3.05, 3.63) is 62.1 Å². The Bertz CT molecular complexity index is 1030. The van der Waals surface area contributed by atoms with Crippen molar-refractivity contribution in [2.24, 2.45) is 0 Å². The van der Waals surface area contributed by atoms with Gasteiger partial charge in [0, 0.05) is 30.1 Å². The van der Waals surface area contributed by atoms with Crippen molar-refractivity contribution in [1.82, 2.24) is 0 Å². The van der Waals surface area contributed by atoms with E-state index >= 15 is 0 Å². The quantitative estimate of drug-likeness (QED) is 0.477. The lowest BCUT2D eigenvalue weighted by Crippen LogP contribution is -2.33. The van der Waals surface area contributed by atoms with Crippen molar-refractivity contribution in [2.45, 2.75) is 24.7 Å². The van der Waals surface area contributed by atoms with Crippen LogP contribution in [0.5, 0.6) is 0 Å². The maximum atomic E-state index is 13.3. The van der Waals surface area contributed by atoms with E-state index in [9.17, 15) is 23.3 Å². The monoisotopic (exact) mass is 446 g/mol. The number of anilines is 1. The highest BCUT2D eigenvalue weighted by Gasteiger charge is 2.29. The molecule has 0 aliphatic heterocycles. The minimum Gasteiger partial charge on any atom is -0.481 e. The standard InChI is InChI=1S/C17H16Cl2N2O6S/c1-11-9-13(21(24)25)5-7-15(11)20(8-2-3-17(22)23)28(26,27)16-10-12(18)4-6-14(16)19/h4-7,9-10H,2-3,8H2,1H3,(H,22,23). The molecule has 28 heavy (non-hydrogen) atoms. The van der Waals surface area contributed by atoms with Crippen molar-refractivity contribution in [1.29, 1.82) is 0 Å². The van der Waals surface area contributed by atoms with E-state index in [0.717, 1.165) is 4.31 Å². The van der Waals surface area contributed by atoms with Crippen molar-refractivity contribution in [2.75, 3.05) is 10.8 Å². The maximum Gasteiger partial charge on any atom is 0.303 e. The first-order valence-corrected chi connectivity index (χ1v) is 10.2. The van der Waals surface area contributed by atoms with Gasteiger partial charge in [0.15, 0.2) is 0 Å². The highest BCUT2D eigenvalue weighted by Crippen LogP contribution is 2.33. The van der Waals surface area contributed by atoms with Crippen LogP contribution in [0.1, 0.15) is 18.4 Å². The average Bonchev–Trinajstić information content (AvgIpc) is 2.60. The summed E-state index contributed by atoms with van der Waals surface area (Å²) in [5, 5.41) is 19.9. The Labute approximate surface area is 171 Å². The number of aliphatic carboxylic acids is 1. The summed E-state index contributed by atoms with van der Waals surface area (Å²) in [5.74, 6) is -1.07. The van der Waals surface area contributed by atoms with Gasteiger partial charge in [-0.15, -0.1) is 0 Å². The number of nitro benzene ring substituents is 1. The average molecular weight is 447 g/mol. The lowest BCUT2D eigenvalue weighted by Gasteiger charge is -2.26. The molecule has 0 radical (unpaired) electrons. The van der Waals surface area contributed by atoms with E-state index in [1.807, 2.05) is 0 Å². The molecule has 0 spiro atoms. The van der Waals surface area contributed by atoms with Gasteiger partial charge in [-0.1, -0.05) is 23.2 Å². The number of benzene rings is 2. The molecule has 0 heterocycles. The number of hydrogen-bond acceptors (Lipinski definition) is 5. The Morgan fingerprint density at radius 1 is 1.21 bits per heavy atom. The number of rotatable bonds is 8. The molecule has 0 aliphatic rings. The molecule has 0 aromatic heterocycles. The number of nitrogens with zero attached hydrogens (tertiary/aromatic N) is 2. The van der Waals surface area contributed by atoms with Gasteiger partial charge in [0.2, 0.25) is 0 Å². The molecule has 0 amide bonds. The van der Waals surface area contributed by atoms with E-state index in [1.54, 1.807) is 0 Å². The van der Waals surface area contributed by atoms with Crippen LogP contribution in [0.25, 0.3) is 0 Å². The minimum atomic E-state index is -4.21. The Hall–Kier alpha value is -2.36. The van der Waals surface area contributed by atoms with Gasteiger partial charge in [-0.3, -0.25) is 19.2 Å². The number of carboxylic acid groups (broad SMARTS) is 1. The summed E-state index contributed by atoms with van der Waals surface area (Å²) in [6.07, 6.45) is -0.218. The molecule has 0 saturated carbocycles. The summed E-state index contributed by atoms with van der Waals surface area (Å²) in [6.45, 7) is 1.37. The highest BCUT2D eigenvalue weighted by molar-refractivity contribution is 7.93. The number of carboxylic acids is 1. The van der Waals surface area contributed by atoms with Gasteiger partial charge in [0.25, 0.3) is 15.7 Å². The third-order valence-corrected chi connectivity index (χ3v) is 6.40. The van der Waals surface area contributed by atoms with Crippen LogP contribution >= 0.6 is 23.2 Å². The molecule has 0 bridgehead atoms. The van der Waals surface area contributed by atoms with Crippen LogP contribution < -0.4 is 4.31 Å². The van der Waals surface area contributed by atoms with Gasteiger partial charge in [-0.25, -0.2) is 8.42 Å². The molecule has 0 atom stereocenters. The number of nitro groups is 1. The van der Waals surface area contributed by atoms with E-state index in [4.69, 9.17) is 28.3 Å². The first kappa shape index (κ1) is 21.9. The second-order valence-corrected chi connectivity index (χ2v) is 8.55. The Kier molecular flexibility index (Phi) is 6.87. The van der Waals surface area contributed by atoms with Crippen LogP contribution in [-0.2, 0) is 14.8 Å². The number of hydrogen-bond donors (Lipinski definition) is 1. The molecule has 0 aliphatic carbocycles. The predicted molar refractivity (Wildman–Crippen MR) is 106 cm³/mol. The summed E-state index contributed by atoms with van der Waals surface area (Å²) < 4.78 is 27.5. The number of aryl methyl sites for hydroxylation is 1. The van der Waals surface area contributed by atoms with Crippen LogP contribution in [0.3, 0.4) is 0 Å². The number of sulfonamides is 1. The van der Waals surface area contributed by atoms with E-state index in [2.05, 4.69) is 0 Å². The van der Waals surface area contributed by atoms with Gasteiger partial charge in [0.1, 0.15) is 4.90 Å². The second kappa shape index (κ2) is 8.76. The Morgan fingerprint density at radius 2 is 1.89 bits per heavy atom. The van der Waals surface area contributed by atoms with Crippen molar-refractivity contribution >= 4 is 50.6 Å². The number of non-ortho nitro benzene ring substituents is 1. The fourth-order valence-electron chi connectivity index (χ4n) is 2.57. The van der Waals surface area contributed by atoms with Crippen LogP contribution in [0, 0.1) is 17.0 Å². The smallest absolute Gasteiger partial charge is 0.303 e. The summed E-state index contributed by atoms with van der Waals surface area (Å²) in [6, 6.07) is 7.72. The molecule has 0 fully saturated rings. The zero-order valence-electron chi connectivity index (χ0n) is 14.6. The fraction of sp³-hybridized carbons (Fsp3) is 0.235. The zero-order chi connectivity index (χ0) is 21.1. The Morgan fingerprint density at radius 3 is 2.46 bits per heavy atom. The zero-order valence-corrected chi connectivity index (χ0v) is 17.0. The van der Waals surface area contributed by atoms with Crippen LogP contribution in [-0.4, -0.2) is 31.0 Å². The molecule has 8 nitrogen and oxygen atoms in total. The molecule has 2 aromatic rings. The topological polar surface area (TPSA) is 118 Å². The summed E-state index contributed by atoms with van der Waals surface area (Å²) in [7, 11) is -4.21. The third kappa shape index (κ3) is 4.92. The van der Waals surface area contributed by atoms with E-state index < -0.39 is 20.9 Å². The van der Waals surface area contributed by atoms with Crippen molar-refractivity contribution < 1.29 is 23.2 Å². The van der Waals surface area contributed by atoms with Crippen LogP contribution in [0.15, 0.2) is 41.3 Å². The van der Waals surface area contributed by atoms with E-state index in [-0.39, 0.29) is 45.7 Å². The van der Waals surface area contributed by atoms with Gasteiger partial charge >= 0.3 is 5.97 Å². The van der Waals surface area contributed by atoms with Crippen molar-refractivity contribution in [3.63, 3.8) is 0 Å². The van der Waals surface area contributed by atoms with Gasteiger partial charge < -0.3 is 5.11 Å². The fourth-order valence-corrected chi connectivity index (χ4v) is 4.88. The lowest BCUT2D eigenvalue weighted by molar-refractivity contribution is -0.384. The molecule has 150 valence electrons. The Balaban J connectivity index is 2.57. The molecule has 1 N–H and O–H groups in total. The van der Waals surface area contributed by atoms with E-state index in [0.29, 0.717) is 5.56 Å². The van der Waals surface area contributed by atoms with Crippen LogP contribution in [0.4, 0.5) is 11.4 Å². The van der Waals surface area contributed by atoms with E-state index in [1.165, 1.54) is 43.3 Å². The molecular weight excluding hydrogens is 431 g/mol. The largest absolute Gasteiger partial charge is 0.481 e. The van der Waals surface area contributed by atoms with Crippen LogP contribution in [0.2, 0.25) is 10.0 Å². The molecule has 2 aromatic carbocycles. The summed E-state index contributed by atoms with van der Waals surface area (Å²) in [5.41, 5.74) is 0.336. The first-order valence-electron chi connectivity index (χ1n) is 7.98. The van der Waals surface area contributed by atoms with Gasteiger partial charge in [0.05, 0.1) is 15.6 Å². The molecule has 2 rings (SSSR count). The predicted octanol–water partition coefficient (Wildman–Crippen LogP) is 4.27.